The zero-order valence-electron chi connectivity index (χ0n) is 13.3. The second-order valence-corrected chi connectivity index (χ2v) is 7.15. The summed E-state index contributed by atoms with van der Waals surface area (Å²) in [5, 5.41) is 2.15. The van der Waals surface area contributed by atoms with Gasteiger partial charge in [0.25, 0.3) is 0 Å². The highest BCUT2D eigenvalue weighted by atomic mass is 16.7. The smallest absolute Gasteiger partial charge is 0.0575 e. The Morgan fingerprint density at radius 2 is 1.50 bits per heavy atom. The normalized spacial score (nSPS) is 25.3. The number of nitrogens with two attached hydrogens (primary N) is 1. The lowest BCUT2D eigenvalue weighted by Gasteiger charge is -2.56. The van der Waals surface area contributed by atoms with Crippen LogP contribution in [0.25, 0.3) is 0 Å². The van der Waals surface area contributed by atoms with E-state index in [2.05, 4.69) is 46.6 Å². The molecule has 0 aromatic heterocycles. The van der Waals surface area contributed by atoms with Gasteiger partial charge in [0.05, 0.1) is 7.11 Å². The van der Waals surface area contributed by atoms with Gasteiger partial charge in [-0.05, 0) is 59.3 Å². The fourth-order valence-electron chi connectivity index (χ4n) is 3.99. The highest BCUT2D eigenvalue weighted by Crippen LogP contribution is 2.45. The molecule has 0 saturated carbocycles. The third-order valence-corrected chi connectivity index (χ3v) is 4.90. The SMILES string of the molecule is CCC(N)(CC)C1CC(C)(C)N(OC)C(C)(C)C1. The number of hydrogen-bond donors (Lipinski definition) is 1. The Morgan fingerprint density at radius 3 is 1.78 bits per heavy atom. The average Bonchev–Trinajstić information content (AvgIpc) is 2.25. The van der Waals surface area contributed by atoms with Gasteiger partial charge in [0.15, 0.2) is 0 Å². The molecule has 1 rings (SSSR count). The van der Waals surface area contributed by atoms with Crippen LogP contribution in [0, 0.1) is 5.92 Å². The first-order valence-electron chi connectivity index (χ1n) is 7.26. The van der Waals surface area contributed by atoms with Crippen molar-refractivity contribution in [2.45, 2.75) is 83.8 Å². The summed E-state index contributed by atoms with van der Waals surface area (Å²) in [7, 11) is 1.78. The summed E-state index contributed by atoms with van der Waals surface area (Å²) in [5.74, 6) is 0.559. The molecular weight excluding hydrogens is 224 g/mol. The van der Waals surface area contributed by atoms with Crippen LogP contribution < -0.4 is 5.73 Å². The van der Waals surface area contributed by atoms with Gasteiger partial charge in [-0.15, -0.1) is 0 Å². The van der Waals surface area contributed by atoms with Gasteiger partial charge in [0.2, 0.25) is 0 Å². The van der Waals surface area contributed by atoms with Crippen LogP contribution in [0.1, 0.15) is 67.2 Å². The molecule has 0 radical (unpaired) electrons. The Kier molecular flexibility index (Phi) is 4.52. The van der Waals surface area contributed by atoms with E-state index in [1.807, 2.05) is 0 Å². The minimum Gasteiger partial charge on any atom is -0.325 e. The summed E-state index contributed by atoms with van der Waals surface area (Å²) >= 11 is 0. The van der Waals surface area contributed by atoms with Gasteiger partial charge in [-0.25, -0.2) is 0 Å². The summed E-state index contributed by atoms with van der Waals surface area (Å²) in [5.41, 5.74) is 6.68. The predicted molar refractivity (Wildman–Crippen MR) is 77.2 cm³/mol. The lowest BCUT2D eigenvalue weighted by atomic mass is 9.66. The maximum absolute atomic E-state index is 6.64. The van der Waals surface area contributed by atoms with E-state index in [9.17, 15) is 0 Å². The van der Waals surface area contributed by atoms with Crippen LogP contribution in [0.2, 0.25) is 0 Å². The predicted octanol–water partition coefficient (Wildman–Crippen LogP) is 3.33. The van der Waals surface area contributed by atoms with E-state index in [-0.39, 0.29) is 16.6 Å². The van der Waals surface area contributed by atoms with Crippen molar-refractivity contribution in [3.63, 3.8) is 0 Å². The number of hydroxylamine groups is 2. The van der Waals surface area contributed by atoms with Crippen molar-refractivity contribution in [1.29, 1.82) is 0 Å². The molecule has 1 heterocycles. The zero-order valence-corrected chi connectivity index (χ0v) is 13.3. The summed E-state index contributed by atoms with van der Waals surface area (Å²) in [6.45, 7) is 13.5. The van der Waals surface area contributed by atoms with E-state index < -0.39 is 0 Å². The summed E-state index contributed by atoms with van der Waals surface area (Å²) in [6.07, 6.45) is 4.30. The molecule has 0 amide bonds. The summed E-state index contributed by atoms with van der Waals surface area (Å²) in [4.78, 5) is 5.64. The van der Waals surface area contributed by atoms with Crippen LogP contribution in [0.5, 0.6) is 0 Å². The Morgan fingerprint density at radius 1 is 1.11 bits per heavy atom. The van der Waals surface area contributed by atoms with Crippen LogP contribution in [0.4, 0.5) is 0 Å². The van der Waals surface area contributed by atoms with E-state index in [4.69, 9.17) is 10.6 Å². The molecule has 1 aliphatic rings. The van der Waals surface area contributed by atoms with E-state index in [0.29, 0.717) is 5.92 Å². The number of rotatable bonds is 4. The molecule has 1 fully saturated rings. The molecular formula is C15H32N2O. The third-order valence-electron chi connectivity index (χ3n) is 4.90. The van der Waals surface area contributed by atoms with Crippen molar-refractivity contribution >= 4 is 0 Å². The van der Waals surface area contributed by atoms with Crippen molar-refractivity contribution in [3.8, 4) is 0 Å². The molecule has 3 heteroatoms. The van der Waals surface area contributed by atoms with Gasteiger partial charge in [0.1, 0.15) is 0 Å². The van der Waals surface area contributed by atoms with Gasteiger partial charge in [-0.1, -0.05) is 13.8 Å². The fourth-order valence-corrected chi connectivity index (χ4v) is 3.99. The third kappa shape index (κ3) is 2.73. The van der Waals surface area contributed by atoms with Crippen molar-refractivity contribution in [2.24, 2.45) is 11.7 Å². The monoisotopic (exact) mass is 256 g/mol. The molecule has 108 valence electrons. The second kappa shape index (κ2) is 5.10. The van der Waals surface area contributed by atoms with E-state index in [1.165, 1.54) is 0 Å². The van der Waals surface area contributed by atoms with E-state index in [1.54, 1.807) is 7.11 Å². The van der Waals surface area contributed by atoms with Crippen LogP contribution in [-0.2, 0) is 4.84 Å². The lowest BCUT2D eigenvalue weighted by molar-refractivity contribution is -0.275. The minimum absolute atomic E-state index is 0.0334. The van der Waals surface area contributed by atoms with Crippen molar-refractivity contribution in [2.75, 3.05) is 7.11 Å². The first kappa shape index (κ1) is 15.9. The van der Waals surface area contributed by atoms with E-state index >= 15 is 0 Å². The first-order chi connectivity index (χ1) is 8.13. The molecule has 0 spiro atoms. The Labute approximate surface area is 113 Å². The molecule has 2 N–H and O–H groups in total. The maximum Gasteiger partial charge on any atom is 0.0575 e. The van der Waals surface area contributed by atoms with Crippen molar-refractivity contribution in [1.82, 2.24) is 5.06 Å². The van der Waals surface area contributed by atoms with Crippen molar-refractivity contribution < 1.29 is 4.84 Å². The first-order valence-corrected chi connectivity index (χ1v) is 7.26. The summed E-state index contributed by atoms with van der Waals surface area (Å²) in [6, 6.07) is 0. The highest BCUT2D eigenvalue weighted by Gasteiger charge is 2.50. The van der Waals surface area contributed by atoms with Crippen LogP contribution >= 0.6 is 0 Å². The van der Waals surface area contributed by atoms with Crippen LogP contribution in [0.3, 0.4) is 0 Å². The molecule has 0 atom stereocenters. The maximum atomic E-state index is 6.64. The molecule has 0 aliphatic carbocycles. The van der Waals surface area contributed by atoms with Gasteiger partial charge >= 0.3 is 0 Å². The number of piperidine rings is 1. The van der Waals surface area contributed by atoms with Gasteiger partial charge in [-0.2, -0.15) is 5.06 Å². The lowest BCUT2D eigenvalue weighted by Crippen LogP contribution is -2.64. The quantitative estimate of drug-likeness (QED) is 0.838. The van der Waals surface area contributed by atoms with Gasteiger partial charge < -0.3 is 10.6 Å². The largest absolute Gasteiger partial charge is 0.325 e. The molecule has 1 saturated heterocycles. The molecule has 0 aromatic rings. The fraction of sp³-hybridized carbons (Fsp3) is 1.00. The molecule has 18 heavy (non-hydrogen) atoms. The second-order valence-electron chi connectivity index (χ2n) is 7.15. The van der Waals surface area contributed by atoms with E-state index in [0.717, 1.165) is 25.7 Å². The molecule has 1 aliphatic heterocycles. The highest BCUT2D eigenvalue weighted by molar-refractivity contribution is 5.03. The molecule has 0 aromatic carbocycles. The van der Waals surface area contributed by atoms with Crippen LogP contribution in [-0.4, -0.2) is 28.8 Å². The average molecular weight is 256 g/mol. The standard InChI is InChI=1S/C15H32N2O/c1-8-15(16,9-2)12-10-13(3,4)17(18-7)14(5,6)11-12/h12H,8-11,16H2,1-7H3. The Balaban J connectivity index is 3.03. The minimum atomic E-state index is -0.0334. The number of hydrogen-bond acceptors (Lipinski definition) is 3. The molecule has 0 bridgehead atoms. The zero-order chi connectivity index (χ0) is 14.2. The van der Waals surface area contributed by atoms with Crippen LogP contribution in [0.15, 0.2) is 0 Å². The molecule has 0 unspecified atom stereocenters. The Bertz CT molecular complexity index is 264. The Hall–Kier alpha value is -0.120. The van der Waals surface area contributed by atoms with Gasteiger partial charge in [-0.3, -0.25) is 0 Å². The van der Waals surface area contributed by atoms with Crippen molar-refractivity contribution in [3.05, 3.63) is 0 Å². The number of nitrogens with zero attached hydrogens (tertiary/aromatic N) is 1. The topological polar surface area (TPSA) is 38.5 Å². The molecule has 3 nitrogen and oxygen atoms in total. The summed E-state index contributed by atoms with van der Waals surface area (Å²) < 4.78 is 0. The van der Waals surface area contributed by atoms with Gasteiger partial charge in [0, 0.05) is 16.6 Å².